The second-order valence-electron chi connectivity index (χ2n) is 4.92. The van der Waals surface area contributed by atoms with Crippen molar-refractivity contribution >= 4 is 33.9 Å². The molecule has 0 saturated heterocycles. The molecule has 4 nitrogen and oxygen atoms in total. The van der Waals surface area contributed by atoms with Crippen LogP contribution in [0.25, 0.3) is 0 Å². The summed E-state index contributed by atoms with van der Waals surface area (Å²) in [6, 6.07) is 18.3. The maximum atomic E-state index is 4.51. The van der Waals surface area contributed by atoms with E-state index in [0.29, 0.717) is 0 Å². The minimum atomic E-state index is 0.770. The fourth-order valence-corrected chi connectivity index (χ4v) is 3.30. The van der Waals surface area contributed by atoms with Gasteiger partial charge in [0.05, 0.1) is 6.21 Å². The molecule has 0 bridgehead atoms. The third-order valence-electron chi connectivity index (χ3n) is 3.15. The van der Waals surface area contributed by atoms with Gasteiger partial charge in [0, 0.05) is 10.2 Å². The first-order valence-corrected chi connectivity index (χ1v) is 8.89. The third kappa shape index (κ3) is 4.30. The van der Waals surface area contributed by atoms with Gasteiger partial charge in [0.25, 0.3) is 0 Å². The zero-order valence-corrected chi connectivity index (χ0v) is 15.0. The fourth-order valence-electron chi connectivity index (χ4n) is 1.99. The molecule has 0 unspecified atom stereocenters. The molecule has 116 valence electrons. The number of aromatic nitrogens is 3. The molecular formula is C17H15BrN4S. The lowest BCUT2D eigenvalue weighted by Crippen LogP contribution is -1.96. The topological polar surface area (TPSA) is 43.1 Å². The average molecular weight is 387 g/mol. The van der Waals surface area contributed by atoms with Gasteiger partial charge in [-0.05, 0) is 30.2 Å². The Hall–Kier alpha value is -1.92. The van der Waals surface area contributed by atoms with Gasteiger partial charge in [-0.15, -0.1) is 10.2 Å². The second kappa shape index (κ2) is 7.57. The summed E-state index contributed by atoms with van der Waals surface area (Å²) in [4.78, 5) is 0. The van der Waals surface area contributed by atoms with E-state index in [1.54, 1.807) is 16.4 Å². The number of hydrogen-bond acceptors (Lipinski definition) is 4. The van der Waals surface area contributed by atoms with Crippen molar-refractivity contribution in [2.24, 2.45) is 5.10 Å². The normalized spacial score (nSPS) is 11.2. The Balaban J connectivity index is 1.76. The highest BCUT2D eigenvalue weighted by molar-refractivity contribution is 9.10. The first kappa shape index (κ1) is 16.0. The summed E-state index contributed by atoms with van der Waals surface area (Å²) in [5.41, 5.74) is 2.27. The van der Waals surface area contributed by atoms with E-state index in [2.05, 4.69) is 43.4 Å². The molecule has 0 atom stereocenters. The lowest BCUT2D eigenvalue weighted by Gasteiger charge is -2.02. The monoisotopic (exact) mass is 386 g/mol. The van der Waals surface area contributed by atoms with E-state index >= 15 is 0 Å². The minimum absolute atomic E-state index is 0.770. The Kier molecular flexibility index (Phi) is 5.25. The molecule has 0 spiro atoms. The van der Waals surface area contributed by atoms with Gasteiger partial charge in [-0.1, -0.05) is 70.2 Å². The summed E-state index contributed by atoms with van der Waals surface area (Å²) in [5, 5.41) is 13.6. The van der Waals surface area contributed by atoms with Crippen LogP contribution in [0.2, 0.25) is 0 Å². The number of hydrogen-bond donors (Lipinski definition) is 0. The average Bonchev–Trinajstić information content (AvgIpc) is 2.92. The summed E-state index contributed by atoms with van der Waals surface area (Å²) in [6.07, 6.45) is 1.81. The molecule has 0 amide bonds. The van der Waals surface area contributed by atoms with Gasteiger partial charge >= 0.3 is 0 Å². The highest BCUT2D eigenvalue weighted by atomic mass is 79.9. The summed E-state index contributed by atoms with van der Waals surface area (Å²) < 4.78 is 2.80. The predicted octanol–water partition coefficient (Wildman–Crippen LogP) is 4.52. The molecule has 1 aromatic heterocycles. The summed E-state index contributed by atoms with van der Waals surface area (Å²) >= 11 is 5.09. The summed E-state index contributed by atoms with van der Waals surface area (Å²) in [6.45, 7) is 1.90. The van der Waals surface area contributed by atoms with Crippen molar-refractivity contribution in [1.29, 1.82) is 0 Å². The molecule has 3 aromatic rings. The Morgan fingerprint density at radius 2 is 1.96 bits per heavy atom. The highest BCUT2D eigenvalue weighted by Gasteiger charge is 2.08. The quantitative estimate of drug-likeness (QED) is 0.478. The first-order valence-electron chi connectivity index (χ1n) is 7.11. The number of aryl methyl sites for hydroxylation is 1. The predicted molar refractivity (Wildman–Crippen MR) is 97.9 cm³/mol. The van der Waals surface area contributed by atoms with Crippen LogP contribution in [-0.2, 0) is 5.75 Å². The summed E-state index contributed by atoms with van der Waals surface area (Å²) in [7, 11) is 0. The maximum Gasteiger partial charge on any atom is 0.212 e. The van der Waals surface area contributed by atoms with E-state index < -0.39 is 0 Å². The van der Waals surface area contributed by atoms with Crippen LogP contribution in [0.15, 0.2) is 69.3 Å². The molecule has 6 heteroatoms. The minimum Gasteiger partial charge on any atom is -0.192 e. The molecule has 0 saturated carbocycles. The van der Waals surface area contributed by atoms with Crippen molar-refractivity contribution in [2.45, 2.75) is 17.8 Å². The first-order chi connectivity index (χ1) is 11.2. The van der Waals surface area contributed by atoms with Crippen LogP contribution < -0.4 is 0 Å². The molecular weight excluding hydrogens is 372 g/mol. The van der Waals surface area contributed by atoms with Crippen LogP contribution in [0.1, 0.15) is 17.0 Å². The van der Waals surface area contributed by atoms with Crippen molar-refractivity contribution in [3.05, 3.63) is 76.0 Å². The Labute approximate surface area is 147 Å². The lowest BCUT2D eigenvalue weighted by atomic mass is 10.2. The zero-order valence-electron chi connectivity index (χ0n) is 12.6. The van der Waals surface area contributed by atoms with Crippen LogP contribution in [0.4, 0.5) is 0 Å². The lowest BCUT2D eigenvalue weighted by molar-refractivity contribution is 0.744. The van der Waals surface area contributed by atoms with Gasteiger partial charge in [-0.25, -0.2) is 0 Å². The van der Waals surface area contributed by atoms with E-state index in [9.17, 15) is 0 Å². The van der Waals surface area contributed by atoms with Gasteiger partial charge < -0.3 is 0 Å². The van der Waals surface area contributed by atoms with Gasteiger partial charge in [-0.2, -0.15) is 9.78 Å². The van der Waals surface area contributed by atoms with Crippen molar-refractivity contribution in [2.75, 3.05) is 0 Å². The SMILES string of the molecule is Cc1nnc(SCc2ccccc2)n1/N=C\c1cccc(Br)c1. The van der Waals surface area contributed by atoms with Gasteiger partial charge in [0.2, 0.25) is 5.16 Å². The molecule has 2 aromatic carbocycles. The van der Waals surface area contributed by atoms with Crippen molar-refractivity contribution in [1.82, 2.24) is 14.9 Å². The maximum absolute atomic E-state index is 4.51. The molecule has 0 aliphatic rings. The molecule has 23 heavy (non-hydrogen) atoms. The highest BCUT2D eigenvalue weighted by Crippen LogP contribution is 2.21. The molecule has 1 heterocycles. The number of rotatable bonds is 5. The number of nitrogens with zero attached hydrogens (tertiary/aromatic N) is 4. The second-order valence-corrected chi connectivity index (χ2v) is 6.77. The van der Waals surface area contributed by atoms with E-state index in [1.165, 1.54) is 5.56 Å². The van der Waals surface area contributed by atoms with Crippen LogP contribution in [-0.4, -0.2) is 21.1 Å². The molecule has 0 N–H and O–H groups in total. The number of halogens is 1. The molecule has 3 rings (SSSR count). The van der Waals surface area contributed by atoms with Crippen LogP contribution >= 0.6 is 27.7 Å². The van der Waals surface area contributed by atoms with E-state index in [-0.39, 0.29) is 0 Å². The third-order valence-corrected chi connectivity index (χ3v) is 4.63. The Morgan fingerprint density at radius 1 is 1.13 bits per heavy atom. The zero-order chi connectivity index (χ0) is 16.1. The molecule has 0 aliphatic heterocycles. The van der Waals surface area contributed by atoms with Gasteiger partial charge in [0.1, 0.15) is 0 Å². The smallest absolute Gasteiger partial charge is 0.192 e. The van der Waals surface area contributed by atoms with Crippen molar-refractivity contribution in [3.63, 3.8) is 0 Å². The Bertz CT molecular complexity index is 814. The van der Waals surface area contributed by atoms with Crippen LogP contribution in [0.3, 0.4) is 0 Å². The standard InChI is InChI=1S/C17H15BrN4S/c1-13-20-21-17(23-12-14-6-3-2-4-7-14)22(13)19-11-15-8-5-9-16(18)10-15/h2-11H,12H2,1H3/b19-11-. The van der Waals surface area contributed by atoms with E-state index in [4.69, 9.17) is 0 Å². The number of thioether (sulfide) groups is 1. The molecule has 0 radical (unpaired) electrons. The van der Waals surface area contributed by atoms with Crippen molar-refractivity contribution < 1.29 is 0 Å². The Morgan fingerprint density at radius 3 is 2.74 bits per heavy atom. The van der Waals surface area contributed by atoms with E-state index in [0.717, 1.165) is 26.8 Å². The number of benzene rings is 2. The molecule has 0 aliphatic carbocycles. The van der Waals surface area contributed by atoms with Crippen LogP contribution in [0, 0.1) is 6.92 Å². The van der Waals surface area contributed by atoms with E-state index in [1.807, 2.05) is 55.6 Å². The molecule has 0 fully saturated rings. The fraction of sp³-hybridized carbons (Fsp3) is 0.118. The summed E-state index contributed by atoms with van der Waals surface area (Å²) in [5.74, 6) is 1.61. The van der Waals surface area contributed by atoms with Gasteiger partial charge in [0.15, 0.2) is 5.82 Å². The van der Waals surface area contributed by atoms with Gasteiger partial charge in [-0.3, -0.25) is 0 Å². The van der Waals surface area contributed by atoms with Crippen molar-refractivity contribution in [3.8, 4) is 0 Å². The largest absolute Gasteiger partial charge is 0.212 e. The van der Waals surface area contributed by atoms with Crippen LogP contribution in [0.5, 0.6) is 0 Å².